The van der Waals surface area contributed by atoms with Crippen molar-refractivity contribution in [3.8, 4) is 16.9 Å². The lowest BCUT2D eigenvalue weighted by atomic mass is 9.90. The summed E-state index contributed by atoms with van der Waals surface area (Å²) in [5.41, 5.74) is 4.93. The van der Waals surface area contributed by atoms with Crippen LogP contribution < -0.4 is 10.5 Å². The number of hydrogen-bond donors (Lipinski definition) is 1. The number of anilines is 1. The Kier molecular flexibility index (Phi) is 6.47. The molecule has 0 fully saturated rings. The van der Waals surface area contributed by atoms with Gasteiger partial charge in [-0.2, -0.15) is 26.3 Å². The summed E-state index contributed by atoms with van der Waals surface area (Å²) in [5, 5.41) is 1.09. The number of ether oxygens (including phenoxy) is 1. The molecule has 0 aliphatic heterocycles. The van der Waals surface area contributed by atoms with Crippen molar-refractivity contribution >= 4 is 22.0 Å². The molecule has 8 heteroatoms. The molecular weight excluding hydrogens is 480 g/mol. The predicted molar refractivity (Wildman–Crippen MR) is 129 cm³/mol. The van der Waals surface area contributed by atoms with Gasteiger partial charge in [0.2, 0.25) is 0 Å². The molecule has 0 bridgehead atoms. The van der Waals surface area contributed by atoms with Crippen molar-refractivity contribution in [2.45, 2.75) is 25.4 Å². The Morgan fingerprint density at radius 1 is 0.778 bits per heavy atom. The van der Waals surface area contributed by atoms with E-state index in [0.29, 0.717) is 33.3 Å². The maximum absolute atomic E-state index is 13.4. The van der Waals surface area contributed by atoms with Crippen LogP contribution in [-0.4, -0.2) is 6.10 Å². The lowest BCUT2D eigenvalue weighted by Crippen LogP contribution is -2.14. The molecule has 0 radical (unpaired) electrons. The molecule has 4 aromatic carbocycles. The van der Waals surface area contributed by atoms with Crippen molar-refractivity contribution < 1.29 is 31.1 Å². The molecule has 0 spiro atoms. The molecule has 2 N–H and O–H groups in total. The normalized spacial score (nSPS) is 13.0. The molecule has 0 heterocycles. The van der Waals surface area contributed by atoms with Gasteiger partial charge in [0.25, 0.3) is 0 Å². The zero-order valence-corrected chi connectivity index (χ0v) is 19.0. The van der Waals surface area contributed by atoms with Crippen LogP contribution in [0.5, 0.6) is 5.75 Å². The van der Waals surface area contributed by atoms with Gasteiger partial charge in [0.15, 0.2) is 0 Å². The topological polar surface area (TPSA) is 35.2 Å². The molecule has 0 saturated heterocycles. The molecule has 1 unspecified atom stereocenters. The van der Waals surface area contributed by atoms with Crippen LogP contribution in [0.25, 0.3) is 27.5 Å². The molecule has 1 atom stereocenters. The lowest BCUT2D eigenvalue weighted by Gasteiger charge is -2.21. The summed E-state index contributed by atoms with van der Waals surface area (Å²) in [6.45, 7) is 5.91. The van der Waals surface area contributed by atoms with E-state index in [0.717, 1.165) is 12.1 Å². The smallest absolute Gasteiger partial charge is 0.416 e. The molecular formula is C28H21F6NO. The van der Waals surface area contributed by atoms with E-state index in [1.54, 1.807) is 61.5 Å². The fourth-order valence-corrected chi connectivity index (χ4v) is 4.01. The SMILES string of the molecule is C=C(c1ccc(-c2cc(C(F)(F)F)cc(C(F)(F)F)c2)c2ccccc12)C(C)Oc1ccccc1N. The second-order valence-electron chi connectivity index (χ2n) is 8.32. The van der Waals surface area contributed by atoms with Gasteiger partial charge >= 0.3 is 12.4 Å². The van der Waals surface area contributed by atoms with E-state index in [4.69, 9.17) is 10.5 Å². The Balaban J connectivity index is 1.82. The first-order valence-corrected chi connectivity index (χ1v) is 10.9. The molecule has 36 heavy (non-hydrogen) atoms. The minimum atomic E-state index is -4.94. The monoisotopic (exact) mass is 501 g/mol. The molecule has 2 nitrogen and oxygen atoms in total. The van der Waals surface area contributed by atoms with Crippen LogP contribution in [0, 0.1) is 0 Å². The fraction of sp³-hybridized carbons (Fsp3) is 0.143. The average Bonchev–Trinajstić information content (AvgIpc) is 2.83. The number of nitrogens with two attached hydrogens (primary N) is 1. The number of rotatable bonds is 5. The van der Waals surface area contributed by atoms with Crippen LogP contribution in [0.2, 0.25) is 0 Å². The Labute approximate surface area is 203 Å². The number of para-hydroxylation sites is 2. The van der Waals surface area contributed by atoms with Crippen LogP contribution in [-0.2, 0) is 12.4 Å². The third-order valence-corrected chi connectivity index (χ3v) is 5.88. The number of halogens is 6. The minimum absolute atomic E-state index is 0.121. The highest BCUT2D eigenvalue weighted by Crippen LogP contribution is 2.41. The molecule has 0 aromatic heterocycles. The van der Waals surface area contributed by atoms with Crippen LogP contribution in [0.15, 0.2) is 85.4 Å². The third kappa shape index (κ3) is 5.03. The Morgan fingerprint density at radius 3 is 1.92 bits per heavy atom. The maximum atomic E-state index is 13.4. The average molecular weight is 501 g/mol. The minimum Gasteiger partial charge on any atom is -0.484 e. The summed E-state index contributed by atoms with van der Waals surface area (Å²) >= 11 is 0. The van der Waals surface area contributed by atoms with Gasteiger partial charge in [0.1, 0.15) is 11.9 Å². The zero-order chi connectivity index (χ0) is 26.3. The van der Waals surface area contributed by atoms with Gasteiger partial charge in [-0.15, -0.1) is 0 Å². The first kappa shape index (κ1) is 25.2. The van der Waals surface area contributed by atoms with Gasteiger partial charge in [-0.1, -0.05) is 55.1 Å². The summed E-state index contributed by atoms with van der Waals surface area (Å²) in [6.07, 6.45) is -10.4. The van der Waals surface area contributed by atoms with Crippen molar-refractivity contribution in [1.82, 2.24) is 0 Å². The van der Waals surface area contributed by atoms with Crippen molar-refractivity contribution in [3.05, 3.63) is 102 Å². The van der Waals surface area contributed by atoms with Crippen molar-refractivity contribution in [2.75, 3.05) is 5.73 Å². The molecule has 0 amide bonds. The van der Waals surface area contributed by atoms with Crippen LogP contribution in [0.1, 0.15) is 23.6 Å². The molecule has 0 aliphatic carbocycles. The van der Waals surface area contributed by atoms with Crippen LogP contribution in [0.3, 0.4) is 0 Å². The van der Waals surface area contributed by atoms with E-state index in [-0.39, 0.29) is 17.2 Å². The van der Waals surface area contributed by atoms with Gasteiger partial charge in [0, 0.05) is 0 Å². The zero-order valence-electron chi connectivity index (χ0n) is 19.0. The second kappa shape index (κ2) is 9.26. The van der Waals surface area contributed by atoms with Crippen molar-refractivity contribution in [3.63, 3.8) is 0 Å². The highest BCUT2D eigenvalue weighted by Gasteiger charge is 2.37. The van der Waals surface area contributed by atoms with Gasteiger partial charge in [-0.05, 0) is 70.3 Å². The number of fused-ring (bicyclic) bond motifs is 1. The van der Waals surface area contributed by atoms with Crippen molar-refractivity contribution in [1.29, 1.82) is 0 Å². The Morgan fingerprint density at radius 2 is 1.33 bits per heavy atom. The second-order valence-corrected chi connectivity index (χ2v) is 8.32. The van der Waals surface area contributed by atoms with E-state index in [2.05, 4.69) is 6.58 Å². The Hall–Kier alpha value is -3.94. The van der Waals surface area contributed by atoms with Gasteiger partial charge in [0.05, 0.1) is 16.8 Å². The molecule has 0 aliphatic rings. The van der Waals surface area contributed by atoms with Gasteiger partial charge < -0.3 is 10.5 Å². The summed E-state index contributed by atoms with van der Waals surface area (Å²) in [4.78, 5) is 0. The van der Waals surface area contributed by atoms with Gasteiger partial charge in [-0.25, -0.2) is 0 Å². The van der Waals surface area contributed by atoms with E-state index < -0.39 is 29.6 Å². The number of hydrogen-bond acceptors (Lipinski definition) is 2. The number of nitrogen functional groups attached to an aromatic ring is 1. The summed E-state index contributed by atoms with van der Waals surface area (Å²) in [5.74, 6) is 0.468. The molecule has 4 rings (SSSR count). The standard InChI is InChI=1S/C28H21F6NO/c1-16(17(2)36-26-10-6-5-9-25(26)35)21-11-12-22(24-8-4-3-7-23(21)24)18-13-19(27(29,30)31)15-20(14-18)28(32,33)34/h3-15,17H,1,35H2,2H3. The first-order valence-electron chi connectivity index (χ1n) is 10.9. The molecule has 186 valence electrons. The quantitative estimate of drug-likeness (QED) is 0.220. The fourth-order valence-electron chi connectivity index (χ4n) is 4.01. The van der Waals surface area contributed by atoms with Crippen LogP contribution in [0.4, 0.5) is 32.0 Å². The summed E-state index contributed by atoms with van der Waals surface area (Å²) in [7, 11) is 0. The number of alkyl halides is 6. The molecule has 4 aromatic rings. The van der Waals surface area contributed by atoms with Crippen LogP contribution >= 0.6 is 0 Å². The predicted octanol–water partition coefficient (Wildman–Crippen LogP) is 8.61. The maximum Gasteiger partial charge on any atom is 0.416 e. The summed E-state index contributed by atoms with van der Waals surface area (Å²) < 4.78 is 86.5. The first-order chi connectivity index (χ1) is 16.9. The highest BCUT2D eigenvalue weighted by molar-refractivity contribution is 6.03. The number of benzene rings is 4. The molecule has 0 saturated carbocycles. The van der Waals surface area contributed by atoms with E-state index >= 15 is 0 Å². The van der Waals surface area contributed by atoms with E-state index in [9.17, 15) is 26.3 Å². The van der Waals surface area contributed by atoms with E-state index in [1.807, 2.05) is 0 Å². The lowest BCUT2D eigenvalue weighted by molar-refractivity contribution is -0.143. The Bertz CT molecular complexity index is 1410. The van der Waals surface area contributed by atoms with Gasteiger partial charge in [-0.3, -0.25) is 0 Å². The highest BCUT2D eigenvalue weighted by atomic mass is 19.4. The summed E-state index contributed by atoms with van der Waals surface area (Å²) in [6, 6.07) is 18.5. The van der Waals surface area contributed by atoms with E-state index in [1.165, 1.54) is 6.07 Å². The largest absolute Gasteiger partial charge is 0.484 e. The van der Waals surface area contributed by atoms with Crippen molar-refractivity contribution in [2.24, 2.45) is 0 Å². The third-order valence-electron chi connectivity index (χ3n) is 5.88.